The first kappa shape index (κ1) is 13.8. The zero-order chi connectivity index (χ0) is 13.3. The van der Waals surface area contributed by atoms with Crippen LogP contribution in [0.4, 0.5) is 0 Å². The Morgan fingerprint density at radius 2 is 2.00 bits per heavy atom. The van der Waals surface area contributed by atoms with E-state index < -0.39 is 9.84 Å². The molecule has 3 unspecified atom stereocenters. The molecule has 3 atom stereocenters. The molecule has 2 rings (SSSR count). The second-order valence-corrected chi connectivity index (χ2v) is 7.82. The van der Waals surface area contributed by atoms with Gasteiger partial charge in [0.15, 0.2) is 9.84 Å². The lowest BCUT2D eigenvalue weighted by atomic mass is 9.94. The molecular weight excluding hydrogens is 252 g/mol. The third-order valence-corrected chi connectivity index (χ3v) is 5.86. The summed E-state index contributed by atoms with van der Waals surface area (Å²) in [6, 6.07) is 0.355. The monoisotopic (exact) mass is 274 g/mol. The molecule has 0 aromatic heterocycles. The van der Waals surface area contributed by atoms with Crippen LogP contribution in [0, 0.1) is 5.92 Å². The number of carbonyl (C=O) groups is 1. The minimum atomic E-state index is -2.92. The summed E-state index contributed by atoms with van der Waals surface area (Å²) in [6.07, 6.45) is 2.49. The molecule has 2 saturated heterocycles. The van der Waals surface area contributed by atoms with Gasteiger partial charge in [-0.05, 0) is 26.2 Å². The van der Waals surface area contributed by atoms with Crippen LogP contribution in [-0.2, 0) is 14.6 Å². The zero-order valence-electron chi connectivity index (χ0n) is 11.1. The maximum Gasteiger partial charge on any atom is 0.226 e. The van der Waals surface area contributed by atoms with Crippen LogP contribution >= 0.6 is 0 Å². The Morgan fingerprint density at radius 1 is 1.28 bits per heavy atom. The average Bonchev–Trinajstić information content (AvgIpc) is 2.69. The maximum atomic E-state index is 12.3. The van der Waals surface area contributed by atoms with Gasteiger partial charge in [0.2, 0.25) is 5.91 Å². The molecule has 0 aromatic rings. The van der Waals surface area contributed by atoms with Crippen molar-refractivity contribution in [3.63, 3.8) is 0 Å². The lowest BCUT2D eigenvalue weighted by Crippen LogP contribution is -2.47. The quantitative estimate of drug-likeness (QED) is 0.771. The Labute approximate surface area is 109 Å². The van der Waals surface area contributed by atoms with Gasteiger partial charge in [-0.3, -0.25) is 4.79 Å². The first-order chi connectivity index (χ1) is 8.39. The molecule has 2 aliphatic heterocycles. The molecule has 0 radical (unpaired) electrons. The molecule has 5 nitrogen and oxygen atoms in total. The minimum Gasteiger partial charge on any atom is -0.341 e. The van der Waals surface area contributed by atoms with Crippen LogP contribution in [0.3, 0.4) is 0 Å². The molecule has 0 saturated carbocycles. The lowest BCUT2D eigenvalue weighted by molar-refractivity contribution is -0.136. The SMILES string of the molecule is CC1CCC(C(=O)N(C)C2CCS(=O)(=O)C2)CN1. The van der Waals surface area contributed by atoms with Gasteiger partial charge in [0.25, 0.3) is 0 Å². The molecule has 0 bridgehead atoms. The summed E-state index contributed by atoms with van der Waals surface area (Å²) in [5.74, 6) is 0.451. The summed E-state index contributed by atoms with van der Waals surface area (Å²) in [5, 5.41) is 3.31. The van der Waals surface area contributed by atoms with E-state index in [0.717, 1.165) is 12.8 Å². The van der Waals surface area contributed by atoms with Gasteiger partial charge in [0.05, 0.1) is 17.4 Å². The Morgan fingerprint density at radius 3 is 2.50 bits per heavy atom. The van der Waals surface area contributed by atoms with Crippen molar-refractivity contribution < 1.29 is 13.2 Å². The summed E-state index contributed by atoms with van der Waals surface area (Å²) in [5.41, 5.74) is 0. The molecule has 1 N–H and O–H groups in total. The smallest absolute Gasteiger partial charge is 0.226 e. The number of rotatable bonds is 2. The molecule has 2 fully saturated rings. The van der Waals surface area contributed by atoms with Gasteiger partial charge in [-0.1, -0.05) is 0 Å². The van der Waals surface area contributed by atoms with E-state index in [-0.39, 0.29) is 29.4 Å². The fraction of sp³-hybridized carbons (Fsp3) is 0.917. The van der Waals surface area contributed by atoms with Crippen molar-refractivity contribution in [2.45, 2.75) is 38.3 Å². The van der Waals surface area contributed by atoms with E-state index in [4.69, 9.17) is 0 Å². The molecule has 1 amide bonds. The highest BCUT2D eigenvalue weighted by atomic mass is 32.2. The number of nitrogens with one attached hydrogen (secondary N) is 1. The van der Waals surface area contributed by atoms with Crippen LogP contribution < -0.4 is 5.32 Å². The molecule has 18 heavy (non-hydrogen) atoms. The molecule has 0 aromatic carbocycles. The third-order valence-electron chi connectivity index (χ3n) is 4.11. The Hall–Kier alpha value is -0.620. The maximum absolute atomic E-state index is 12.3. The Balaban J connectivity index is 1.93. The zero-order valence-corrected chi connectivity index (χ0v) is 11.9. The summed E-state index contributed by atoms with van der Waals surface area (Å²) in [7, 11) is -1.18. The number of amides is 1. The van der Waals surface area contributed by atoms with Crippen molar-refractivity contribution in [1.82, 2.24) is 10.2 Å². The summed E-state index contributed by atoms with van der Waals surface area (Å²) < 4.78 is 22.9. The highest BCUT2D eigenvalue weighted by Gasteiger charge is 2.35. The van der Waals surface area contributed by atoms with E-state index in [1.807, 2.05) is 0 Å². The van der Waals surface area contributed by atoms with Crippen molar-refractivity contribution in [2.75, 3.05) is 25.1 Å². The molecule has 6 heteroatoms. The topological polar surface area (TPSA) is 66.5 Å². The second-order valence-electron chi connectivity index (χ2n) is 5.59. The second kappa shape index (κ2) is 5.17. The Bertz CT molecular complexity index is 413. The number of sulfone groups is 1. The minimum absolute atomic E-state index is 0.00880. The highest BCUT2D eigenvalue weighted by molar-refractivity contribution is 7.91. The van der Waals surface area contributed by atoms with Crippen LogP contribution in [0.15, 0.2) is 0 Å². The molecule has 0 aliphatic carbocycles. The molecule has 104 valence electrons. The number of piperidine rings is 1. The standard InChI is InChI=1S/C12H22N2O3S/c1-9-3-4-10(7-13-9)12(15)14(2)11-5-6-18(16,17)8-11/h9-11,13H,3-8H2,1-2H3. The van der Waals surface area contributed by atoms with Gasteiger partial charge in [-0.15, -0.1) is 0 Å². The number of carbonyl (C=O) groups excluding carboxylic acids is 1. The van der Waals surface area contributed by atoms with Gasteiger partial charge in [0.1, 0.15) is 0 Å². The van der Waals surface area contributed by atoms with E-state index in [2.05, 4.69) is 12.2 Å². The molecule has 0 spiro atoms. The first-order valence-corrected chi connectivity index (χ1v) is 8.41. The largest absolute Gasteiger partial charge is 0.341 e. The lowest BCUT2D eigenvalue weighted by Gasteiger charge is -2.32. The van der Waals surface area contributed by atoms with Crippen molar-refractivity contribution in [2.24, 2.45) is 5.92 Å². The predicted molar refractivity (Wildman–Crippen MR) is 70.0 cm³/mol. The normalized spacial score (nSPS) is 35.3. The van der Waals surface area contributed by atoms with Crippen LogP contribution in [0.1, 0.15) is 26.2 Å². The van der Waals surface area contributed by atoms with Crippen molar-refractivity contribution in [3.8, 4) is 0 Å². The van der Waals surface area contributed by atoms with Gasteiger partial charge in [-0.25, -0.2) is 8.42 Å². The van der Waals surface area contributed by atoms with E-state index in [9.17, 15) is 13.2 Å². The van der Waals surface area contributed by atoms with Crippen molar-refractivity contribution >= 4 is 15.7 Å². The van der Waals surface area contributed by atoms with E-state index in [1.165, 1.54) is 0 Å². The van der Waals surface area contributed by atoms with E-state index >= 15 is 0 Å². The number of hydrogen-bond donors (Lipinski definition) is 1. The highest BCUT2D eigenvalue weighted by Crippen LogP contribution is 2.21. The Kier molecular flexibility index (Phi) is 3.96. The van der Waals surface area contributed by atoms with Gasteiger partial charge in [0, 0.05) is 25.7 Å². The van der Waals surface area contributed by atoms with E-state index in [0.29, 0.717) is 19.0 Å². The number of nitrogens with zero attached hydrogens (tertiary/aromatic N) is 1. The fourth-order valence-corrected chi connectivity index (χ4v) is 4.53. The summed E-state index contributed by atoms with van der Waals surface area (Å²) >= 11 is 0. The molecular formula is C12H22N2O3S. The summed E-state index contributed by atoms with van der Waals surface area (Å²) in [6.45, 7) is 2.83. The van der Waals surface area contributed by atoms with Crippen LogP contribution in [0.2, 0.25) is 0 Å². The van der Waals surface area contributed by atoms with E-state index in [1.54, 1.807) is 11.9 Å². The van der Waals surface area contributed by atoms with Crippen molar-refractivity contribution in [1.29, 1.82) is 0 Å². The first-order valence-electron chi connectivity index (χ1n) is 6.59. The van der Waals surface area contributed by atoms with Gasteiger partial charge >= 0.3 is 0 Å². The molecule has 2 aliphatic rings. The number of hydrogen-bond acceptors (Lipinski definition) is 4. The van der Waals surface area contributed by atoms with Gasteiger partial charge < -0.3 is 10.2 Å². The molecule has 2 heterocycles. The summed E-state index contributed by atoms with van der Waals surface area (Å²) in [4.78, 5) is 14.0. The average molecular weight is 274 g/mol. The van der Waals surface area contributed by atoms with Crippen LogP contribution in [0.5, 0.6) is 0 Å². The predicted octanol–water partition coefficient (Wildman–Crippen LogP) is 0.0200. The fourth-order valence-electron chi connectivity index (χ4n) is 2.76. The van der Waals surface area contributed by atoms with Crippen molar-refractivity contribution in [3.05, 3.63) is 0 Å². The van der Waals surface area contributed by atoms with Crippen LogP contribution in [0.25, 0.3) is 0 Å². The van der Waals surface area contributed by atoms with Gasteiger partial charge in [-0.2, -0.15) is 0 Å². The third kappa shape index (κ3) is 3.03. The van der Waals surface area contributed by atoms with Crippen LogP contribution in [-0.4, -0.2) is 56.4 Å².